The van der Waals surface area contributed by atoms with Crippen LogP contribution in [0.2, 0.25) is 15.1 Å². The first kappa shape index (κ1) is 21.8. The predicted octanol–water partition coefficient (Wildman–Crippen LogP) is 5.65. The Bertz CT molecular complexity index is 1030. The van der Waals surface area contributed by atoms with Gasteiger partial charge in [-0.1, -0.05) is 58.7 Å². The van der Waals surface area contributed by atoms with Crippen molar-refractivity contribution in [2.75, 3.05) is 11.1 Å². The standard InChI is InChI=1S/C19H17Cl3N4O2S/c1-11(28-16-6-4-3-5-13(16)21)18-24-25-19(26(18)2)29-10-17(27)23-15-8-7-12(20)9-14(15)22/h3-9,11H,10H2,1-2H3,(H,23,27)/t11-/m1/s1. The number of aromatic nitrogens is 3. The fraction of sp³-hybridized carbons (Fsp3) is 0.211. The second kappa shape index (κ2) is 9.71. The molecule has 0 saturated heterocycles. The molecule has 0 spiro atoms. The lowest BCUT2D eigenvalue weighted by molar-refractivity contribution is -0.113. The SMILES string of the molecule is C[C@@H](Oc1ccccc1Cl)c1nnc(SCC(=O)Nc2ccc(Cl)cc2Cl)n1C. The topological polar surface area (TPSA) is 69.0 Å². The van der Waals surface area contributed by atoms with Gasteiger partial charge in [-0.3, -0.25) is 4.79 Å². The molecule has 0 aliphatic heterocycles. The van der Waals surface area contributed by atoms with Crippen molar-refractivity contribution >= 4 is 58.2 Å². The van der Waals surface area contributed by atoms with Crippen molar-refractivity contribution in [3.8, 4) is 5.75 Å². The molecule has 0 fully saturated rings. The average Bonchev–Trinajstić information content (AvgIpc) is 3.05. The second-order valence-electron chi connectivity index (χ2n) is 6.05. The van der Waals surface area contributed by atoms with Crippen LogP contribution < -0.4 is 10.1 Å². The first-order chi connectivity index (χ1) is 13.8. The molecule has 3 aromatic rings. The number of hydrogen-bond donors (Lipinski definition) is 1. The monoisotopic (exact) mass is 470 g/mol. The number of ether oxygens (including phenoxy) is 1. The maximum atomic E-state index is 12.2. The molecule has 0 saturated carbocycles. The number of rotatable bonds is 7. The first-order valence-corrected chi connectivity index (χ1v) is 10.6. The van der Waals surface area contributed by atoms with E-state index in [2.05, 4.69) is 15.5 Å². The highest BCUT2D eigenvalue weighted by Crippen LogP contribution is 2.29. The fourth-order valence-electron chi connectivity index (χ4n) is 2.50. The Labute approximate surface area is 187 Å². The lowest BCUT2D eigenvalue weighted by Crippen LogP contribution is -2.15. The van der Waals surface area contributed by atoms with Gasteiger partial charge >= 0.3 is 0 Å². The third-order valence-corrected chi connectivity index (χ3v) is 5.79. The molecule has 6 nitrogen and oxygen atoms in total. The van der Waals surface area contributed by atoms with Crippen LogP contribution in [0.5, 0.6) is 5.75 Å². The van der Waals surface area contributed by atoms with E-state index in [1.54, 1.807) is 34.9 Å². The minimum Gasteiger partial charge on any atom is -0.481 e. The average molecular weight is 472 g/mol. The number of anilines is 1. The summed E-state index contributed by atoms with van der Waals surface area (Å²) < 4.78 is 7.67. The number of para-hydroxylation sites is 1. The number of amides is 1. The first-order valence-electron chi connectivity index (χ1n) is 8.53. The second-order valence-corrected chi connectivity index (χ2v) is 8.24. The van der Waals surface area contributed by atoms with Gasteiger partial charge in [0.1, 0.15) is 5.75 Å². The summed E-state index contributed by atoms with van der Waals surface area (Å²) in [4.78, 5) is 12.2. The van der Waals surface area contributed by atoms with E-state index in [0.717, 1.165) is 0 Å². The van der Waals surface area contributed by atoms with Crippen molar-refractivity contribution < 1.29 is 9.53 Å². The molecule has 0 unspecified atom stereocenters. The highest BCUT2D eigenvalue weighted by Gasteiger charge is 2.19. The van der Waals surface area contributed by atoms with Crippen LogP contribution in [-0.2, 0) is 11.8 Å². The molecule has 1 aromatic heterocycles. The van der Waals surface area contributed by atoms with Gasteiger partial charge in [0.15, 0.2) is 17.1 Å². The predicted molar refractivity (Wildman–Crippen MR) is 117 cm³/mol. The molecule has 3 rings (SSSR count). The van der Waals surface area contributed by atoms with Crippen molar-refractivity contribution in [3.63, 3.8) is 0 Å². The van der Waals surface area contributed by atoms with Crippen molar-refractivity contribution in [2.24, 2.45) is 7.05 Å². The van der Waals surface area contributed by atoms with E-state index in [1.807, 2.05) is 26.1 Å². The number of nitrogens with one attached hydrogen (secondary N) is 1. The van der Waals surface area contributed by atoms with Crippen LogP contribution in [0, 0.1) is 0 Å². The number of carbonyl (C=O) groups is 1. The number of carbonyl (C=O) groups excluding carboxylic acids is 1. The van der Waals surface area contributed by atoms with Crippen molar-refractivity contribution in [1.29, 1.82) is 0 Å². The van der Waals surface area contributed by atoms with Crippen molar-refractivity contribution in [3.05, 3.63) is 63.4 Å². The molecule has 0 radical (unpaired) electrons. The fourth-order valence-corrected chi connectivity index (χ4v) is 3.85. The van der Waals surface area contributed by atoms with E-state index in [1.165, 1.54) is 11.8 Å². The molecule has 152 valence electrons. The molecule has 0 aliphatic rings. The minimum absolute atomic E-state index is 0.144. The Hall–Kier alpha value is -1.93. The van der Waals surface area contributed by atoms with E-state index in [4.69, 9.17) is 39.5 Å². The van der Waals surface area contributed by atoms with Crippen LogP contribution in [-0.4, -0.2) is 26.4 Å². The van der Waals surface area contributed by atoms with Crippen LogP contribution in [0.25, 0.3) is 0 Å². The van der Waals surface area contributed by atoms with E-state index < -0.39 is 0 Å². The van der Waals surface area contributed by atoms with Gasteiger partial charge in [-0.05, 0) is 37.3 Å². The summed E-state index contributed by atoms with van der Waals surface area (Å²) in [5.74, 6) is 1.11. The number of hydrogen-bond acceptors (Lipinski definition) is 5. The van der Waals surface area contributed by atoms with E-state index in [-0.39, 0.29) is 17.8 Å². The highest BCUT2D eigenvalue weighted by atomic mass is 35.5. The van der Waals surface area contributed by atoms with Gasteiger partial charge in [0.2, 0.25) is 5.91 Å². The maximum absolute atomic E-state index is 12.2. The largest absolute Gasteiger partial charge is 0.481 e. The van der Waals surface area contributed by atoms with Gasteiger partial charge in [-0.2, -0.15) is 0 Å². The van der Waals surface area contributed by atoms with E-state index >= 15 is 0 Å². The lowest BCUT2D eigenvalue weighted by Gasteiger charge is -2.15. The van der Waals surface area contributed by atoms with Crippen LogP contribution in [0.1, 0.15) is 18.9 Å². The van der Waals surface area contributed by atoms with Gasteiger partial charge in [-0.25, -0.2) is 0 Å². The lowest BCUT2D eigenvalue weighted by atomic mass is 10.3. The summed E-state index contributed by atoms with van der Waals surface area (Å²) >= 11 is 19.3. The van der Waals surface area contributed by atoms with E-state index in [0.29, 0.717) is 37.5 Å². The zero-order chi connectivity index (χ0) is 21.0. The molecule has 10 heteroatoms. The highest BCUT2D eigenvalue weighted by molar-refractivity contribution is 7.99. The Balaban J connectivity index is 1.60. The smallest absolute Gasteiger partial charge is 0.234 e. The zero-order valence-corrected chi connectivity index (χ0v) is 18.6. The normalized spacial score (nSPS) is 11.9. The van der Waals surface area contributed by atoms with Crippen molar-refractivity contribution in [1.82, 2.24) is 14.8 Å². The summed E-state index contributed by atoms with van der Waals surface area (Å²) in [6.45, 7) is 1.86. The van der Waals surface area contributed by atoms with Crippen molar-refractivity contribution in [2.45, 2.75) is 18.2 Å². The van der Waals surface area contributed by atoms with Gasteiger partial charge in [0, 0.05) is 12.1 Å². The molecular formula is C19H17Cl3N4O2S. The molecule has 29 heavy (non-hydrogen) atoms. The van der Waals surface area contributed by atoms with E-state index in [9.17, 15) is 4.79 Å². The van der Waals surface area contributed by atoms with Crippen LogP contribution >= 0.6 is 46.6 Å². The minimum atomic E-state index is -0.372. The number of halogens is 3. The molecule has 1 atom stereocenters. The van der Waals surface area contributed by atoms with Crippen LogP contribution in [0.15, 0.2) is 47.6 Å². The summed E-state index contributed by atoms with van der Waals surface area (Å²) in [5, 5.41) is 13.1. The maximum Gasteiger partial charge on any atom is 0.234 e. The molecule has 1 amide bonds. The van der Waals surface area contributed by atoms with Gasteiger partial charge < -0.3 is 14.6 Å². The molecule has 0 aliphatic carbocycles. The van der Waals surface area contributed by atoms with Gasteiger partial charge in [0.25, 0.3) is 0 Å². The number of benzene rings is 2. The number of thioether (sulfide) groups is 1. The third-order valence-electron chi connectivity index (χ3n) is 3.91. The summed E-state index contributed by atoms with van der Waals surface area (Å²) in [6.07, 6.45) is -0.372. The Morgan fingerprint density at radius 3 is 2.66 bits per heavy atom. The summed E-state index contributed by atoms with van der Waals surface area (Å²) in [5.41, 5.74) is 0.502. The molecule has 0 bridgehead atoms. The molecule has 1 N–H and O–H groups in total. The zero-order valence-electron chi connectivity index (χ0n) is 15.5. The van der Waals surface area contributed by atoms with Crippen LogP contribution in [0.3, 0.4) is 0 Å². The molecule has 2 aromatic carbocycles. The quantitative estimate of drug-likeness (QED) is 0.451. The molecule has 1 heterocycles. The Kier molecular flexibility index (Phi) is 7.29. The van der Waals surface area contributed by atoms with Crippen LogP contribution in [0.4, 0.5) is 5.69 Å². The molecular weight excluding hydrogens is 455 g/mol. The Morgan fingerprint density at radius 2 is 1.93 bits per heavy atom. The van der Waals surface area contributed by atoms with Gasteiger partial charge in [-0.15, -0.1) is 10.2 Å². The number of nitrogens with zero attached hydrogens (tertiary/aromatic N) is 3. The summed E-state index contributed by atoms with van der Waals surface area (Å²) in [7, 11) is 1.82. The van der Waals surface area contributed by atoms with Gasteiger partial charge in [0.05, 0.1) is 21.5 Å². The summed E-state index contributed by atoms with van der Waals surface area (Å²) in [6, 6.07) is 12.1. The Morgan fingerprint density at radius 1 is 1.17 bits per heavy atom. The third kappa shape index (κ3) is 5.57.